The van der Waals surface area contributed by atoms with Gasteiger partial charge in [0.15, 0.2) is 0 Å². The molecule has 0 aromatic heterocycles. The van der Waals surface area contributed by atoms with Crippen molar-refractivity contribution in [1.29, 1.82) is 0 Å². The molecule has 3 N–H and O–H groups in total. The number of anilines is 1. The maximum atomic E-state index is 12.1. The highest BCUT2D eigenvalue weighted by Gasteiger charge is 2.20. The molecule has 1 aliphatic heterocycles. The van der Waals surface area contributed by atoms with Crippen molar-refractivity contribution in [2.75, 3.05) is 31.9 Å². The van der Waals surface area contributed by atoms with Crippen molar-refractivity contribution in [3.8, 4) is 0 Å². The third-order valence-corrected chi connectivity index (χ3v) is 4.95. The predicted octanol–water partition coefficient (Wildman–Crippen LogP) is 0.551. The Hall–Kier alpha value is -1.71. The first-order chi connectivity index (χ1) is 9.90. The maximum absolute atomic E-state index is 12.1. The van der Waals surface area contributed by atoms with Crippen molar-refractivity contribution in [3.63, 3.8) is 0 Å². The standard InChI is InChI=1S/C12H18N4O4S/c13-11-9-10(16(17)18)3-4-12(11)21(19,20)14-5-8-15-6-1-2-7-15/h3-4,9,14H,1-2,5-8,13H2. The Morgan fingerprint density at radius 2 is 2.00 bits per heavy atom. The van der Waals surface area contributed by atoms with Gasteiger partial charge in [-0.05, 0) is 32.0 Å². The van der Waals surface area contributed by atoms with Crippen LogP contribution in [0.5, 0.6) is 0 Å². The van der Waals surface area contributed by atoms with Crippen LogP contribution in [0.4, 0.5) is 11.4 Å². The van der Waals surface area contributed by atoms with E-state index in [1.54, 1.807) is 0 Å². The van der Waals surface area contributed by atoms with Crippen LogP contribution in [0.25, 0.3) is 0 Å². The van der Waals surface area contributed by atoms with Gasteiger partial charge in [0, 0.05) is 25.2 Å². The number of hydrogen-bond donors (Lipinski definition) is 2. The third kappa shape index (κ3) is 3.90. The summed E-state index contributed by atoms with van der Waals surface area (Å²) in [5.41, 5.74) is 5.25. The highest BCUT2D eigenvalue weighted by atomic mass is 32.2. The number of nitrogens with one attached hydrogen (secondary N) is 1. The van der Waals surface area contributed by atoms with Gasteiger partial charge in [-0.25, -0.2) is 13.1 Å². The third-order valence-electron chi connectivity index (χ3n) is 3.41. The zero-order chi connectivity index (χ0) is 15.5. The van der Waals surface area contributed by atoms with Gasteiger partial charge in [-0.3, -0.25) is 10.1 Å². The molecule has 0 saturated carbocycles. The fraction of sp³-hybridized carbons (Fsp3) is 0.500. The van der Waals surface area contributed by atoms with Crippen LogP contribution in [-0.4, -0.2) is 44.4 Å². The molecule has 2 rings (SSSR count). The minimum Gasteiger partial charge on any atom is -0.397 e. The Morgan fingerprint density at radius 1 is 1.33 bits per heavy atom. The van der Waals surface area contributed by atoms with Crippen LogP contribution in [0.2, 0.25) is 0 Å². The Balaban J connectivity index is 2.03. The number of nitrogen functional groups attached to an aromatic ring is 1. The summed E-state index contributed by atoms with van der Waals surface area (Å²) in [7, 11) is -3.75. The van der Waals surface area contributed by atoms with Gasteiger partial charge in [0.1, 0.15) is 4.90 Å². The summed E-state index contributed by atoms with van der Waals surface area (Å²) in [5.74, 6) is 0. The van der Waals surface area contributed by atoms with Crippen LogP contribution < -0.4 is 10.5 Å². The zero-order valence-corrected chi connectivity index (χ0v) is 12.3. The van der Waals surface area contributed by atoms with Gasteiger partial charge in [-0.2, -0.15) is 0 Å². The number of likely N-dealkylation sites (tertiary alicyclic amines) is 1. The lowest BCUT2D eigenvalue weighted by Gasteiger charge is -2.15. The topological polar surface area (TPSA) is 119 Å². The number of benzene rings is 1. The van der Waals surface area contributed by atoms with Crippen molar-refractivity contribution >= 4 is 21.4 Å². The Labute approximate surface area is 123 Å². The van der Waals surface area contributed by atoms with Crippen LogP contribution in [0.15, 0.2) is 23.1 Å². The summed E-state index contributed by atoms with van der Waals surface area (Å²) in [6.07, 6.45) is 2.28. The first kappa shape index (κ1) is 15.7. The van der Waals surface area contributed by atoms with Gasteiger partial charge in [0.25, 0.3) is 5.69 Å². The monoisotopic (exact) mass is 314 g/mol. The maximum Gasteiger partial charge on any atom is 0.271 e. The fourth-order valence-corrected chi connectivity index (χ4v) is 3.45. The van der Waals surface area contributed by atoms with Crippen molar-refractivity contribution in [1.82, 2.24) is 9.62 Å². The normalized spacial score (nSPS) is 16.2. The molecular weight excluding hydrogens is 296 g/mol. The molecule has 1 aromatic rings. The molecule has 1 fully saturated rings. The molecule has 0 spiro atoms. The number of non-ortho nitro benzene ring substituents is 1. The van der Waals surface area contributed by atoms with Gasteiger partial charge in [-0.15, -0.1) is 0 Å². The van der Waals surface area contributed by atoms with Crippen molar-refractivity contribution in [2.24, 2.45) is 0 Å². The van der Waals surface area contributed by atoms with E-state index in [1.807, 2.05) is 0 Å². The molecule has 0 bridgehead atoms. The second kappa shape index (κ2) is 6.37. The molecule has 0 atom stereocenters. The van der Waals surface area contributed by atoms with E-state index >= 15 is 0 Å². The van der Waals surface area contributed by atoms with Crippen LogP contribution in [0.1, 0.15) is 12.8 Å². The van der Waals surface area contributed by atoms with Gasteiger partial charge < -0.3 is 10.6 Å². The average molecular weight is 314 g/mol. The number of nitrogens with zero attached hydrogens (tertiary/aromatic N) is 2. The molecule has 116 valence electrons. The van der Waals surface area contributed by atoms with Crippen molar-refractivity contribution in [2.45, 2.75) is 17.7 Å². The number of nitrogens with two attached hydrogens (primary N) is 1. The molecule has 0 aliphatic carbocycles. The molecule has 8 nitrogen and oxygen atoms in total. The van der Waals surface area contributed by atoms with E-state index in [2.05, 4.69) is 9.62 Å². The van der Waals surface area contributed by atoms with Gasteiger partial charge in [0.05, 0.1) is 10.6 Å². The molecule has 0 radical (unpaired) electrons. The zero-order valence-electron chi connectivity index (χ0n) is 11.5. The van der Waals surface area contributed by atoms with Gasteiger partial charge >= 0.3 is 0 Å². The Kier molecular flexibility index (Phi) is 4.76. The minimum absolute atomic E-state index is 0.127. The Morgan fingerprint density at radius 3 is 2.57 bits per heavy atom. The van der Waals surface area contributed by atoms with E-state index in [1.165, 1.54) is 0 Å². The number of rotatable bonds is 6. The molecule has 21 heavy (non-hydrogen) atoms. The smallest absolute Gasteiger partial charge is 0.271 e. The van der Waals surface area contributed by atoms with Crippen LogP contribution in [0, 0.1) is 10.1 Å². The summed E-state index contributed by atoms with van der Waals surface area (Å²) in [6.45, 7) is 2.91. The SMILES string of the molecule is Nc1cc([N+](=O)[O-])ccc1S(=O)(=O)NCCN1CCCC1. The fourth-order valence-electron chi connectivity index (χ4n) is 2.32. The van der Waals surface area contributed by atoms with Crippen molar-refractivity contribution in [3.05, 3.63) is 28.3 Å². The molecule has 0 amide bonds. The van der Waals surface area contributed by atoms with E-state index in [9.17, 15) is 18.5 Å². The molecule has 1 saturated heterocycles. The molecular formula is C12H18N4O4S. The van der Waals surface area contributed by atoms with E-state index in [-0.39, 0.29) is 16.3 Å². The number of nitro groups is 1. The second-order valence-electron chi connectivity index (χ2n) is 4.93. The summed E-state index contributed by atoms with van der Waals surface area (Å²) in [4.78, 5) is 12.0. The highest BCUT2D eigenvalue weighted by Crippen LogP contribution is 2.23. The number of sulfonamides is 1. The van der Waals surface area contributed by atoms with Crippen LogP contribution in [-0.2, 0) is 10.0 Å². The summed E-state index contributed by atoms with van der Waals surface area (Å²) in [5, 5.41) is 10.6. The van der Waals surface area contributed by atoms with Crippen LogP contribution in [0.3, 0.4) is 0 Å². The molecule has 0 unspecified atom stereocenters. The minimum atomic E-state index is -3.75. The van der Waals surface area contributed by atoms with E-state index in [4.69, 9.17) is 5.73 Å². The lowest BCUT2D eigenvalue weighted by molar-refractivity contribution is -0.384. The van der Waals surface area contributed by atoms with E-state index in [0.717, 1.165) is 44.1 Å². The first-order valence-corrected chi connectivity index (χ1v) is 8.14. The van der Waals surface area contributed by atoms with Gasteiger partial charge in [-0.1, -0.05) is 0 Å². The molecule has 1 aromatic carbocycles. The summed E-state index contributed by atoms with van der Waals surface area (Å²) >= 11 is 0. The van der Waals surface area contributed by atoms with Crippen molar-refractivity contribution < 1.29 is 13.3 Å². The lowest BCUT2D eigenvalue weighted by Crippen LogP contribution is -2.33. The number of nitro benzene ring substituents is 1. The quantitative estimate of drug-likeness (QED) is 0.450. The lowest BCUT2D eigenvalue weighted by atomic mass is 10.3. The molecule has 1 aliphatic rings. The average Bonchev–Trinajstić information content (AvgIpc) is 2.91. The molecule has 1 heterocycles. The first-order valence-electron chi connectivity index (χ1n) is 6.66. The molecule has 9 heteroatoms. The highest BCUT2D eigenvalue weighted by molar-refractivity contribution is 7.89. The second-order valence-corrected chi connectivity index (χ2v) is 6.66. The Bertz CT molecular complexity index is 626. The van der Waals surface area contributed by atoms with E-state index < -0.39 is 14.9 Å². The summed E-state index contributed by atoms with van der Waals surface area (Å²) < 4.78 is 26.7. The predicted molar refractivity (Wildman–Crippen MR) is 78.4 cm³/mol. The van der Waals surface area contributed by atoms with Gasteiger partial charge in [0.2, 0.25) is 10.0 Å². The van der Waals surface area contributed by atoms with Crippen LogP contribution >= 0.6 is 0 Å². The largest absolute Gasteiger partial charge is 0.397 e. The van der Waals surface area contributed by atoms with E-state index in [0.29, 0.717) is 13.1 Å². The number of hydrogen-bond acceptors (Lipinski definition) is 6. The summed E-state index contributed by atoms with van der Waals surface area (Å²) in [6, 6.07) is 3.34.